The van der Waals surface area contributed by atoms with Crippen molar-refractivity contribution in [3.63, 3.8) is 0 Å². The molecule has 3 aromatic rings. The largest absolute Gasteiger partial charge is 0.494 e. The van der Waals surface area contributed by atoms with Gasteiger partial charge >= 0.3 is 0 Å². The van der Waals surface area contributed by atoms with E-state index in [-0.39, 0.29) is 11.8 Å². The van der Waals surface area contributed by atoms with Crippen LogP contribution in [0.4, 0.5) is 5.69 Å². The summed E-state index contributed by atoms with van der Waals surface area (Å²) in [6.45, 7) is 5.79. The lowest BCUT2D eigenvalue weighted by atomic mass is 10.2. The Bertz CT molecular complexity index is 948. The molecule has 2 aromatic heterocycles. The van der Waals surface area contributed by atoms with E-state index in [0.717, 1.165) is 0 Å². The van der Waals surface area contributed by atoms with E-state index in [1.54, 1.807) is 36.9 Å². The molecule has 0 bridgehead atoms. The number of tetrazole rings is 1. The Hall–Kier alpha value is -3.30. The van der Waals surface area contributed by atoms with Crippen molar-refractivity contribution < 1.29 is 14.1 Å². The van der Waals surface area contributed by atoms with Gasteiger partial charge in [-0.1, -0.05) is 19.0 Å². The van der Waals surface area contributed by atoms with Gasteiger partial charge in [-0.15, -0.1) is 5.10 Å². The molecule has 0 fully saturated rings. The predicted octanol–water partition coefficient (Wildman–Crippen LogP) is 2.45. The number of carbonyl (C=O) groups is 1. The summed E-state index contributed by atoms with van der Waals surface area (Å²) in [4.78, 5) is 16.6. The quantitative estimate of drug-likeness (QED) is 0.627. The molecular weight excluding hydrogens is 362 g/mol. The van der Waals surface area contributed by atoms with E-state index in [9.17, 15) is 4.79 Å². The molecule has 0 aliphatic carbocycles. The number of hydrogen-bond donors (Lipinski definition) is 1. The second-order valence-corrected chi connectivity index (χ2v) is 6.63. The Kier molecular flexibility index (Phi) is 5.97. The van der Waals surface area contributed by atoms with Gasteiger partial charge in [-0.25, -0.2) is 0 Å². The molecule has 1 N–H and O–H groups in total. The van der Waals surface area contributed by atoms with E-state index in [1.807, 2.05) is 13.8 Å². The van der Waals surface area contributed by atoms with Gasteiger partial charge in [0.25, 0.3) is 0 Å². The third-order valence-electron chi connectivity index (χ3n) is 4.11. The summed E-state index contributed by atoms with van der Waals surface area (Å²) in [6.07, 6.45) is 1.51. The van der Waals surface area contributed by atoms with Gasteiger partial charge < -0.3 is 14.6 Å². The third-order valence-corrected chi connectivity index (χ3v) is 4.11. The van der Waals surface area contributed by atoms with E-state index in [4.69, 9.17) is 9.26 Å². The standard InChI is InChI=1S/C18H23N7O3/c1-11(2)18-20-17(28-22-18)7-5-6-16(26)19-13-8-9-15(27-4)14(10-13)25-12(3)21-23-24-25/h8-11H,5-7H2,1-4H3,(H,19,26). The van der Waals surface area contributed by atoms with E-state index < -0.39 is 0 Å². The van der Waals surface area contributed by atoms with Crippen molar-refractivity contribution in [2.24, 2.45) is 0 Å². The first-order valence-electron chi connectivity index (χ1n) is 9.03. The number of nitrogens with zero attached hydrogens (tertiary/aromatic N) is 6. The van der Waals surface area contributed by atoms with Crippen LogP contribution in [0.2, 0.25) is 0 Å². The minimum atomic E-state index is -0.104. The lowest BCUT2D eigenvalue weighted by Crippen LogP contribution is -2.12. The van der Waals surface area contributed by atoms with Crippen LogP contribution in [0.1, 0.15) is 50.1 Å². The number of rotatable bonds is 8. The number of ether oxygens (including phenoxy) is 1. The fourth-order valence-corrected chi connectivity index (χ4v) is 2.62. The average molecular weight is 385 g/mol. The summed E-state index contributed by atoms with van der Waals surface area (Å²) in [5.41, 5.74) is 1.28. The van der Waals surface area contributed by atoms with Crippen molar-refractivity contribution in [3.8, 4) is 11.4 Å². The molecule has 0 atom stereocenters. The normalized spacial score (nSPS) is 11.0. The van der Waals surface area contributed by atoms with Crippen molar-refractivity contribution in [2.75, 3.05) is 12.4 Å². The lowest BCUT2D eigenvalue weighted by Gasteiger charge is -2.11. The summed E-state index contributed by atoms with van der Waals surface area (Å²) < 4.78 is 12.1. The molecule has 28 heavy (non-hydrogen) atoms. The number of amides is 1. The zero-order valence-corrected chi connectivity index (χ0v) is 16.3. The topological polar surface area (TPSA) is 121 Å². The van der Waals surface area contributed by atoms with Gasteiger partial charge in [0.05, 0.1) is 7.11 Å². The second-order valence-electron chi connectivity index (χ2n) is 6.63. The molecule has 3 rings (SSSR count). The first-order valence-corrected chi connectivity index (χ1v) is 9.03. The Morgan fingerprint density at radius 1 is 1.36 bits per heavy atom. The maximum absolute atomic E-state index is 12.3. The summed E-state index contributed by atoms with van der Waals surface area (Å²) in [5.74, 6) is 2.57. The number of aryl methyl sites for hydroxylation is 2. The van der Waals surface area contributed by atoms with Crippen LogP contribution in [0.15, 0.2) is 22.7 Å². The van der Waals surface area contributed by atoms with E-state index in [1.165, 1.54) is 0 Å². The van der Waals surface area contributed by atoms with Gasteiger partial charge in [0.2, 0.25) is 11.8 Å². The molecule has 10 nitrogen and oxygen atoms in total. The van der Waals surface area contributed by atoms with Crippen molar-refractivity contribution in [1.29, 1.82) is 0 Å². The third kappa shape index (κ3) is 4.51. The van der Waals surface area contributed by atoms with Gasteiger partial charge in [-0.3, -0.25) is 4.79 Å². The predicted molar refractivity (Wildman–Crippen MR) is 100 cm³/mol. The van der Waals surface area contributed by atoms with Crippen molar-refractivity contribution in [1.82, 2.24) is 30.3 Å². The van der Waals surface area contributed by atoms with Crippen LogP contribution >= 0.6 is 0 Å². The number of hydrogen-bond acceptors (Lipinski definition) is 8. The number of carbonyl (C=O) groups excluding carboxylic acids is 1. The Morgan fingerprint density at radius 3 is 2.82 bits per heavy atom. The molecule has 148 valence electrons. The number of anilines is 1. The van der Waals surface area contributed by atoms with Crippen LogP contribution in [0.5, 0.6) is 5.75 Å². The van der Waals surface area contributed by atoms with E-state index >= 15 is 0 Å². The molecule has 0 spiro atoms. The molecule has 0 unspecified atom stereocenters. The van der Waals surface area contributed by atoms with E-state index in [2.05, 4.69) is 31.0 Å². The van der Waals surface area contributed by atoms with Gasteiger partial charge in [-0.2, -0.15) is 9.67 Å². The fourth-order valence-electron chi connectivity index (χ4n) is 2.62. The molecule has 1 aromatic carbocycles. The van der Waals surface area contributed by atoms with Crippen molar-refractivity contribution in [3.05, 3.63) is 35.7 Å². The number of benzene rings is 1. The van der Waals surface area contributed by atoms with Crippen LogP contribution in [-0.4, -0.2) is 43.4 Å². The van der Waals surface area contributed by atoms with Crippen molar-refractivity contribution in [2.45, 2.75) is 46.0 Å². The molecule has 0 radical (unpaired) electrons. The highest BCUT2D eigenvalue weighted by Crippen LogP contribution is 2.26. The average Bonchev–Trinajstić information content (AvgIpc) is 3.31. The van der Waals surface area contributed by atoms with Crippen LogP contribution in [0.3, 0.4) is 0 Å². The molecule has 0 aliphatic heterocycles. The maximum atomic E-state index is 12.3. The minimum absolute atomic E-state index is 0.104. The van der Waals surface area contributed by atoms with Crippen molar-refractivity contribution >= 4 is 11.6 Å². The zero-order valence-electron chi connectivity index (χ0n) is 16.3. The van der Waals surface area contributed by atoms with Crippen LogP contribution in [0, 0.1) is 6.92 Å². The Morgan fingerprint density at radius 2 is 2.18 bits per heavy atom. The molecule has 10 heteroatoms. The lowest BCUT2D eigenvalue weighted by molar-refractivity contribution is -0.116. The SMILES string of the molecule is COc1ccc(NC(=O)CCCc2nc(C(C)C)no2)cc1-n1nnnc1C. The smallest absolute Gasteiger partial charge is 0.226 e. The Labute approximate surface area is 162 Å². The molecule has 0 saturated carbocycles. The highest BCUT2D eigenvalue weighted by Gasteiger charge is 2.13. The van der Waals surface area contributed by atoms with Gasteiger partial charge in [-0.05, 0) is 42.0 Å². The Balaban J connectivity index is 1.60. The van der Waals surface area contributed by atoms with Gasteiger partial charge in [0, 0.05) is 24.4 Å². The summed E-state index contributed by atoms with van der Waals surface area (Å²) in [7, 11) is 1.57. The van der Waals surface area contributed by atoms with Crippen LogP contribution in [-0.2, 0) is 11.2 Å². The summed E-state index contributed by atoms with van der Waals surface area (Å²) in [6, 6.07) is 5.30. The highest BCUT2D eigenvalue weighted by atomic mass is 16.5. The number of nitrogens with one attached hydrogen (secondary N) is 1. The summed E-state index contributed by atoms with van der Waals surface area (Å²) in [5, 5.41) is 18.3. The highest BCUT2D eigenvalue weighted by molar-refractivity contribution is 5.91. The van der Waals surface area contributed by atoms with E-state index in [0.29, 0.717) is 53.9 Å². The maximum Gasteiger partial charge on any atom is 0.226 e. The fraction of sp³-hybridized carbons (Fsp3) is 0.444. The first-order chi connectivity index (χ1) is 13.5. The number of aromatic nitrogens is 6. The monoisotopic (exact) mass is 385 g/mol. The summed E-state index contributed by atoms with van der Waals surface area (Å²) >= 11 is 0. The number of methoxy groups -OCH3 is 1. The molecule has 0 aliphatic rings. The van der Waals surface area contributed by atoms with Gasteiger partial charge in [0.1, 0.15) is 11.4 Å². The molecular formula is C18H23N7O3. The molecule has 0 saturated heterocycles. The molecule has 1 amide bonds. The molecule has 2 heterocycles. The van der Waals surface area contributed by atoms with Crippen LogP contribution < -0.4 is 10.1 Å². The zero-order chi connectivity index (χ0) is 20.1. The minimum Gasteiger partial charge on any atom is -0.494 e. The second kappa shape index (κ2) is 8.59. The van der Waals surface area contributed by atoms with Gasteiger partial charge in [0.15, 0.2) is 11.6 Å². The first kappa shape index (κ1) is 19.5. The van der Waals surface area contributed by atoms with Crippen LogP contribution in [0.25, 0.3) is 5.69 Å².